The molecule has 4 nitrogen and oxygen atoms in total. The topological polar surface area (TPSA) is 40.6 Å². The first-order chi connectivity index (χ1) is 17.3. The van der Waals surface area contributed by atoms with E-state index in [1.54, 1.807) is 23.6 Å². The molecule has 0 fully saturated rings. The van der Waals surface area contributed by atoms with Gasteiger partial charge in [-0.1, -0.05) is 84.6 Å². The Morgan fingerprint density at radius 2 is 0.944 bits per heavy atom. The maximum absolute atomic E-state index is 11.9. The molecule has 0 aromatic heterocycles. The number of nitrogens with zero attached hydrogens (tertiary/aromatic N) is 2. The number of carbonyl (C=O) groups excluding carboxylic acids is 2. The van der Waals surface area contributed by atoms with Crippen LogP contribution < -0.4 is 10.4 Å². The van der Waals surface area contributed by atoms with Crippen molar-refractivity contribution in [3.8, 4) is 22.9 Å². The molecular formula is C30H30N2O2Si2. The van der Waals surface area contributed by atoms with E-state index in [4.69, 9.17) is 0 Å². The van der Waals surface area contributed by atoms with Gasteiger partial charge < -0.3 is 9.80 Å². The summed E-state index contributed by atoms with van der Waals surface area (Å²) in [6.07, 6.45) is 1.23. The van der Waals surface area contributed by atoms with Gasteiger partial charge in [0.1, 0.15) is 0 Å². The van der Waals surface area contributed by atoms with E-state index in [1.165, 1.54) is 10.4 Å². The fourth-order valence-corrected chi connectivity index (χ4v) is 7.34. The van der Waals surface area contributed by atoms with Gasteiger partial charge in [0.15, 0.2) is 17.6 Å². The van der Waals surface area contributed by atoms with E-state index in [1.807, 2.05) is 74.8 Å². The van der Waals surface area contributed by atoms with Crippen LogP contribution in [0.3, 0.4) is 0 Å². The summed E-state index contributed by atoms with van der Waals surface area (Å²) in [7, 11) is 1.00. The van der Waals surface area contributed by atoms with Crippen molar-refractivity contribution < 1.29 is 9.59 Å². The first-order valence-electron chi connectivity index (χ1n) is 11.7. The van der Waals surface area contributed by atoms with Gasteiger partial charge >= 0.3 is 0 Å². The van der Waals surface area contributed by atoms with Crippen molar-refractivity contribution in [1.29, 1.82) is 0 Å². The van der Waals surface area contributed by atoms with Crippen LogP contribution in [0.5, 0.6) is 0 Å². The summed E-state index contributed by atoms with van der Waals surface area (Å²) in [5, 5.41) is 2.35. The zero-order chi connectivity index (χ0) is 25.9. The van der Waals surface area contributed by atoms with Crippen molar-refractivity contribution in [1.82, 2.24) is 9.80 Å². The molecule has 0 saturated carbocycles. The van der Waals surface area contributed by atoms with Gasteiger partial charge in [0.05, 0.1) is 0 Å². The molecule has 0 N–H and O–H groups in total. The maximum atomic E-state index is 11.9. The lowest BCUT2D eigenvalue weighted by Crippen LogP contribution is -2.42. The van der Waals surface area contributed by atoms with Gasteiger partial charge in [-0.25, -0.2) is 0 Å². The minimum absolute atomic E-state index is 0.0348. The zero-order valence-corrected chi connectivity index (χ0v) is 23.2. The van der Waals surface area contributed by atoms with Crippen LogP contribution in [0, 0.1) is 22.9 Å². The van der Waals surface area contributed by atoms with E-state index in [0.717, 1.165) is 11.1 Å². The number of hydrogen-bond acceptors (Lipinski definition) is 2. The second-order valence-electron chi connectivity index (χ2n) is 8.48. The third-order valence-corrected chi connectivity index (χ3v) is 10.2. The van der Waals surface area contributed by atoms with E-state index >= 15 is 0 Å². The van der Waals surface area contributed by atoms with Crippen LogP contribution in [0.25, 0.3) is 0 Å². The van der Waals surface area contributed by atoms with E-state index in [-0.39, 0.29) is 11.8 Å². The molecular weight excluding hydrogens is 477 g/mol. The van der Waals surface area contributed by atoms with E-state index < -0.39 is 17.6 Å². The smallest absolute Gasteiger partial charge is 0.218 e. The van der Waals surface area contributed by atoms with E-state index in [2.05, 4.69) is 47.2 Å². The maximum Gasteiger partial charge on any atom is 0.218 e. The lowest BCUT2D eigenvalue weighted by Gasteiger charge is -2.18. The van der Waals surface area contributed by atoms with Gasteiger partial charge in [0.25, 0.3) is 0 Å². The van der Waals surface area contributed by atoms with Crippen molar-refractivity contribution >= 4 is 39.8 Å². The molecule has 3 rings (SSSR count). The van der Waals surface area contributed by atoms with Crippen molar-refractivity contribution in [2.24, 2.45) is 0 Å². The van der Waals surface area contributed by atoms with Gasteiger partial charge in [-0.05, 0) is 22.5 Å². The molecule has 180 valence electrons. The SMILES string of the molecule is CC(=O)N(C)C[Si](C#Cc1ccccc1C#C[Si](CN(C)C(C)=O)c1ccccc1)c1ccccc1. The van der Waals surface area contributed by atoms with Crippen LogP contribution in [-0.2, 0) is 9.59 Å². The summed E-state index contributed by atoms with van der Waals surface area (Å²) in [4.78, 5) is 27.2. The summed E-state index contributed by atoms with van der Waals surface area (Å²) in [6.45, 7) is 3.16. The number of hydrogen-bond donors (Lipinski definition) is 0. The molecule has 0 bridgehead atoms. The van der Waals surface area contributed by atoms with Gasteiger partial charge in [0, 0.05) is 51.4 Å². The molecule has 0 aliphatic carbocycles. The number of benzene rings is 3. The first kappa shape index (κ1) is 26.8. The Kier molecular flexibility index (Phi) is 9.88. The summed E-state index contributed by atoms with van der Waals surface area (Å²) in [5.74, 6) is 6.83. The molecule has 36 heavy (non-hydrogen) atoms. The third kappa shape index (κ3) is 7.85. The average molecular weight is 507 g/mol. The zero-order valence-electron chi connectivity index (χ0n) is 21.2. The second kappa shape index (κ2) is 13.3. The molecule has 3 aromatic carbocycles. The predicted octanol–water partition coefficient (Wildman–Crippen LogP) is 2.31. The van der Waals surface area contributed by atoms with Crippen LogP contribution in [0.2, 0.25) is 0 Å². The molecule has 3 aromatic rings. The van der Waals surface area contributed by atoms with Crippen molar-refractivity contribution in [2.45, 2.75) is 13.8 Å². The second-order valence-corrected chi connectivity index (χ2v) is 12.7. The van der Waals surface area contributed by atoms with Crippen LogP contribution in [0.15, 0.2) is 84.9 Å². The molecule has 0 aliphatic heterocycles. The molecule has 2 amide bonds. The minimum Gasteiger partial charge on any atom is -0.348 e. The fourth-order valence-electron chi connectivity index (χ4n) is 3.37. The highest BCUT2D eigenvalue weighted by Gasteiger charge is 2.17. The van der Waals surface area contributed by atoms with Crippen LogP contribution in [-0.4, -0.2) is 65.6 Å². The molecule has 0 saturated heterocycles. The minimum atomic E-state index is -1.32. The van der Waals surface area contributed by atoms with Crippen molar-refractivity contribution in [3.05, 3.63) is 96.1 Å². The third-order valence-electron chi connectivity index (χ3n) is 5.73. The van der Waals surface area contributed by atoms with E-state index in [9.17, 15) is 9.59 Å². The van der Waals surface area contributed by atoms with Gasteiger partial charge in [0.2, 0.25) is 11.8 Å². The fraction of sp³-hybridized carbons (Fsp3) is 0.200. The van der Waals surface area contributed by atoms with Gasteiger partial charge in [-0.2, -0.15) is 0 Å². The van der Waals surface area contributed by atoms with Crippen LogP contribution >= 0.6 is 0 Å². The van der Waals surface area contributed by atoms with Crippen LogP contribution in [0.1, 0.15) is 25.0 Å². The number of rotatable bonds is 6. The Balaban J connectivity index is 1.94. The molecule has 0 aliphatic rings. The summed E-state index contributed by atoms with van der Waals surface area (Å²) >= 11 is 0. The molecule has 0 atom stereocenters. The highest BCUT2D eigenvalue weighted by atomic mass is 28.3. The Morgan fingerprint density at radius 3 is 1.28 bits per heavy atom. The Hall–Kier alpha value is -3.85. The highest BCUT2D eigenvalue weighted by molar-refractivity contribution is 6.81. The predicted molar refractivity (Wildman–Crippen MR) is 150 cm³/mol. The number of carbonyl (C=O) groups is 2. The largest absolute Gasteiger partial charge is 0.348 e. The van der Waals surface area contributed by atoms with Crippen LogP contribution in [0.4, 0.5) is 0 Å². The van der Waals surface area contributed by atoms with E-state index in [0.29, 0.717) is 12.3 Å². The first-order valence-corrected chi connectivity index (χ1v) is 15.2. The number of amides is 2. The molecule has 6 heteroatoms. The lowest BCUT2D eigenvalue weighted by atomic mass is 10.1. The summed E-state index contributed by atoms with van der Waals surface area (Å²) < 4.78 is 0. The molecule has 2 radical (unpaired) electrons. The molecule has 0 heterocycles. The lowest BCUT2D eigenvalue weighted by molar-refractivity contribution is -0.127. The van der Waals surface area contributed by atoms with Gasteiger partial charge in [-0.3, -0.25) is 9.59 Å². The Morgan fingerprint density at radius 1 is 0.611 bits per heavy atom. The highest BCUT2D eigenvalue weighted by Crippen LogP contribution is 2.06. The molecule has 0 spiro atoms. The average Bonchev–Trinajstić information content (AvgIpc) is 2.90. The van der Waals surface area contributed by atoms with Crippen molar-refractivity contribution in [2.75, 3.05) is 26.4 Å². The summed E-state index contributed by atoms with van der Waals surface area (Å²) in [6, 6.07) is 28.3. The van der Waals surface area contributed by atoms with Gasteiger partial charge in [-0.15, -0.1) is 11.1 Å². The normalized spacial score (nSPS) is 10.2. The monoisotopic (exact) mass is 506 g/mol. The quantitative estimate of drug-likeness (QED) is 0.380. The Bertz CT molecular complexity index is 1200. The Labute approximate surface area is 218 Å². The molecule has 0 unspecified atom stereocenters. The summed E-state index contributed by atoms with van der Waals surface area (Å²) in [5.41, 5.74) is 8.74. The standard InChI is InChI=1S/C30H30N2O2Si2/c1-25(33)31(3)23-35(29-15-7-5-8-16-29)21-19-27-13-11-12-14-28(27)20-22-36(24-32(4)26(2)34)30-17-9-6-10-18-30/h5-18H,23-24H2,1-4H3. The van der Waals surface area contributed by atoms with Crippen molar-refractivity contribution in [3.63, 3.8) is 0 Å².